The van der Waals surface area contributed by atoms with E-state index in [1.807, 2.05) is 0 Å². The molecule has 0 aliphatic heterocycles. The van der Waals surface area contributed by atoms with Gasteiger partial charge in [-0.05, 0) is 60.8 Å². The monoisotopic (exact) mass is 236 g/mol. The van der Waals surface area contributed by atoms with E-state index in [-0.39, 0.29) is 0 Å². The Morgan fingerprint density at radius 2 is 0.833 bits per heavy atom. The van der Waals surface area contributed by atoms with Gasteiger partial charge in [0.25, 0.3) is 0 Å². The summed E-state index contributed by atoms with van der Waals surface area (Å²) in [4.78, 5) is 0. The molecule has 1 aliphatic rings. The first-order valence-corrected chi connectivity index (χ1v) is 7.06. The van der Waals surface area contributed by atoms with Gasteiger partial charge in [-0.1, -0.05) is 48.5 Å². The Morgan fingerprint density at radius 3 is 1.17 bits per heavy atom. The van der Waals surface area contributed by atoms with Crippen LogP contribution in [-0.4, -0.2) is 0 Å². The van der Waals surface area contributed by atoms with Crippen molar-refractivity contribution < 1.29 is 0 Å². The van der Waals surface area contributed by atoms with Gasteiger partial charge in [0.15, 0.2) is 0 Å². The number of rotatable bonds is 0. The molecule has 0 aromatic heterocycles. The first-order chi connectivity index (χ1) is 8.90. The van der Waals surface area contributed by atoms with E-state index in [9.17, 15) is 0 Å². The zero-order chi connectivity index (χ0) is 12.2. The van der Waals surface area contributed by atoms with Crippen LogP contribution in [0.5, 0.6) is 0 Å². The third-order valence-electron chi connectivity index (χ3n) is 3.84. The molecule has 2 aromatic carbocycles. The maximum Gasteiger partial charge on any atom is -0.0276 e. The lowest BCUT2D eigenvalue weighted by molar-refractivity contribution is 0.789. The van der Waals surface area contributed by atoms with Gasteiger partial charge in [-0.3, -0.25) is 0 Å². The van der Waals surface area contributed by atoms with Crippen LogP contribution in [0.15, 0.2) is 48.5 Å². The molecule has 0 atom stereocenters. The summed E-state index contributed by atoms with van der Waals surface area (Å²) in [5.74, 6) is 0. The molecule has 0 radical (unpaired) electrons. The SMILES string of the molecule is c1cc2cc(c1)CCCc1cccc(c1)CCC2. The molecule has 0 spiro atoms. The fourth-order valence-electron chi connectivity index (χ4n) is 2.87. The molecule has 0 unspecified atom stereocenters. The van der Waals surface area contributed by atoms with Crippen molar-refractivity contribution in [2.45, 2.75) is 38.5 Å². The van der Waals surface area contributed by atoms with Crippen molar-refractivity contribution in [3.8, 4) is 0 Å². The summed E-state index contributed by atoms with van der Waals surface area (Å²) in [6.45, 7) is 0. The summed E-state index contributed by atoms with van der Waals surface area (Å²) in [6, 6.07) is 18.3. The summed E-state index contributed by atoms with van der Waals surface area (Å²) in [6.07, 6.45) is 7.34. The lowest BCUT2D eigenvalue weighted by Gasteiger charge is -2.10. The summed E-state index contributed by atoms with van der Waals surface area (Å²) >= 11 is 0. The van der Waals surface area contributed by atoms with Gasteiger partial charge in [0.1, 0.15) is 0 Å². The van der Waals surface area contributed by atoms with Crippen molar-refractivity contribution in [1.82, 2.24) is 0 Å². The van der Waals surface area contributed by atoms with Crippen LogP contribution in [-0.2, 0) is 25.7 Å². The molecule has 18 heavy (non-hydrogen) atoms. The molecule has 0 nitrogen and oxygen atoms in total. The minimum Gasteiger partial charge on any atom is -0.0617 e. The zero-order valence-electron chi connectivity index (χ0n) is 10.9. The highest BCUT2D eigenvalue weighted by atomic mass is 14.1. The van der Waals surface area contributed by atoms with Crippen molar-refractivity contribution in [2.75, 3.05) is 0 Å². The number of fused-ring (bicyclic) bond motifs is 4. The number of hydrogen-bond donors (Lipinski definition) is 0. The standard InChI is InChI=1S/C18H20/c1-5-15-9-3-11-17-7-2-8-18(14-17)12-4-10-16(6-1)13-15/h1-2,5-8,13-14H,3-4,9-12H2. The molecule has 1 aliphatic carbocycles. The van der Waals surface area contributed by atoms with E-state index in [1.165, 1.54) is 60.8 Å². The van der Waals surface area contributed by atoms with Crippen molar-refractivity contribution in [3.63, 3.8) is 0 Å². The van der Waals surface area contributed by atoms with E-state index in [2.05, 4.69) is 48.5 Å². The predicted molar refractivity (Wildman–Crippen MR) is 76.9 cm³/mol. The van der Waals surface area contributed by atoms with Gasteiger partial charge in [0, 0.05) is 0 Å². The van der Waals surface area contributed by atoms with Gasteiger partial charge >= 0.3 is 0 Å². The summed E-state index contributed by atoms with van der Waals surface area (Å²) in [5.41, 5.74) is 6.02. The van der Waals surface area contributed by atoms with Crippen LogP contribution < -0.4 is 0 Å². The molecule has 0 saturated heterocycles. The number of aryl methyl sites for hydroxylation is 4. The quantitative estimate of drug-likeness (QED) is 0.638. The van der Waals surface area contributed by atoms with Crippen molar-refractivity contribution >= 4 is 0 Å². The molecule has 0 saturated carbocycles. The van der Waals surface area contributed by atoms with Crippen LogP contribution in [0.25, 0.3) is 0 Å². The first-order valence-electron chi connectivity index (χ1n) is 7.06. The third-order valence-corrected chi connectivity index (χ3v) is 3.84. The fourth-order valence-corrected chi connectivity index (χ4v) is 2.87. The molecule has 0 amide bonds. The van der Waals surface area contributed by atoms with Gasteiger partial charge in [0.05, 0.1) is 0 Å². The van der Waals surface area contributed by atoms with Gasteiger partial charge in [0.2, 0.25) is 0 Å². The second kappa shape index (κ2) is 5.39. The molecule has 4 bridgehead atoms. The first kappa shape index (κ1) is 11.5. The number of hydrogen-bond acceptors (Lipinski definition) is 0. The third kappa shape index (κ3) is 2.81. The van der Waals surface area contributed by atoms with Crippen LogP contribution in [0.3, 0.4) is 0 Å². The van der Waals surface area contributed by atoms with Crippen molar-refractivity contribution in [2.24, 2.45) is 0 Å². The Balaban J connectivity index is 1.84. The average Bonchev–Trinajstić information content (AvgIpc) is 2.39. The Kier molecular flexibility index (Phi) is 3.45. The minimum absolute atomic E-state index is 1.21. The summed E-state index contributed by atoms with van der Waals surface area (Å²) in [7, 11) is 0. The topological polar surface area (TPSA) is 0 Å². The van der Waals surface area contributed by atoms with E-state index in [4.69, 9.17) is 0 Å². The Hall–Kier alpha value is -1.56. The smallest absolute Gasteiger partial charge is 0.0276 e. The summed E-state index contributed by atoms with van der Waals surface area (Å²) < 4.78 is 0. The average molecular weight is 236 g/mol. The second-order valence-corrected chi connectivity index (χ2v) is 5.35. The second-order valence-electron chi connectivity index (χ2n) is 5.35. The fraction of sp³-hybridized carbons (Fsp3) is 0.333. The van der Waals surface area contributed by atoms with Gasteiger partial charge < -0.3 is 0 Å². The normalized spacial score (nSPS) is 15.6. The van der Waals surface area contributed by atoms with Gasteiger partial charge in [-0.2, -0.15) is 0 Å². The van der Waals surface area contributed by atoms with E-state index in [0.717, 1.165) is 0 Å². The van der Waals surface area contributed by atoms with Crippen LogP contribution in [0.2, 0.25) is 0 Å². The molecule has 0 heteroatoms. The van der Waals surface area contributed by atoms with Gasteiger partial charge in [-0.15, -0.1) is 0 Å². The van der Waals surface area contributed by atoms with E-state index in [1.54, 1.807) is 0 Å². The summed E-state index contributed by atoms with van der Waals surface area (Å²) in [5, 5.41) is 0. The highest BCUT2D eigenvalue weighted by Crippen LogP contribution is 2.16. The van der Waals surface area contributed by atoms with E-state index < -0.39 is 0 Å². The van der Waals surface area contributed by atoms with E-state index >= 15 is 0 Å². The van der Waals surface area contributed by atoms with Crippen LogP contribution >= 0.6 is 0 Å². The molecule has 0 heterocycles. The van der Waals surface area contributed by atoms with Crippen molar-refractivity contribution in [1.29, 1.82) is 0 Å². The van der Waals surface area contributed by atoms with Crippen LogP contribution in [0.4, 0.5) is 0 Å². The Morgan fingerprint density at radius 1 is 0.500 bits per heavy atom. The predicted octanol–water partition coefficient (Wildman–Crippen LogP) is 4.35. The van der Waals surface area contributed by atoms with E-state index in [0.29, 0.717) is 0 Å². The molecular weight excluding hydrogens is 216 g/mol. The molecular formula is C18H20. The molecule has 92 valence electrons. The maximum atomic E-state index is 2.40. The Labute approximate surface area is 110 Å². The molecule has 3 rings (SSSR count). The zero-order valence-corrected chi connectivity index (χ0v) is 10.9. The largest absolute Gasteiger partial charge is 0.0617 e. The Bertz CT molecular complexity index is 437. The number of benzene rings is 2. The van der Waals surface area contributed by atoms with Gasteiger partial charge in [-0.25, -0.2) is 0 Å². The molecule has 0 fully saturated rings. The molecule has 0 N–H and O–H groups in total. The van der Waals surface area contributed by atoms with Crippen LogP contribution in [0, 0.1) is 0 Å². The highest BCUT2D eigenvalue weighted by molar-refractivity contribution is 5.27. The lowest BCUT2D eigenvalue weighted by atomic mass is 9.96. The maximum absolute atomic E-state index is 2.40. The van der Waals surface area contributed by atoms with Crippen molar-refractivity contribution in [3.05, 3.63) is 70.8 Å². The minimum atomic E-state index is 1.21. The highest BCUT2D eigenvalue weighted by Gasteiger charge is 2.02. The lowest BCUT2D eigenvalue weighted by Crippen LogP contribution is -1.97. The molecule has 2 aromatic rings. The van der Waals surface area contributed by atoms with Crippen LogP contribution in [0.1, 0.15) is 35.1 Å².